The summed E-state index contributed by atoms with van der Waals surface area (Å²) in [7, 11) is -3.80. The Hall–Kier alpha value is -0.470. The summed E-state index contributed by atoms with van der Waals surface area (Å²) >= 11 is 2.08. The lowest BCUT2D eigenvalue weighted by atomic mass is 10.3. The van der Waals surface area contributed by atoms with Crippen LogP contribution < -0.4 is 0 Å². The molecule has 1 aromatic carbocycles. The third kappa shape index (κ3) is 3.49. The van der Waals surface area contributed by atoms with Crippen molar-refractivity contribution >= 4 is 38.5 Å². The highest BCUT2D eigenvalue weighted by molar-refractivity contribution is 14.1. The van der Waals surface area contributed by atoms with Crippen LogP contribution in [0.3, 0.4) is 0 Å². The summed E-state index contributed by atoms with van der Waals surface area (Å²) in [6.07, 6.45) is 1.71. The predicted octanol–water partition coefficient (Wildman–Crippen LogP) is 1.98. The van der Waals surface area contributed by atoms with E-state index in [9.17, 15) is 13.2 Å². The minimum atomic E-state index is -3.80. The zero-order valence-electron chi connectivity index (χ0n) is 8.93. The third-order valence-corrected chi connectivity index (χ3v) is 4.49. The minimum absolute atomic E-state index is 0.0157. The van der Waals surface area contributed by atoms with Gasteiger partial charge in [-0.3, -0.25) is 8.98 Å². The monoisotopic (exact) mass is 366 g/mol. The molecule has 0 aromatic heterocycles. The first-order chi connectivity index (χ1) is 7.99. The summed E-state index contributed by atoms with van der Waals surface area (Å²) in [5, 5.41) is 0. The van der Waals surface area contributed by atoms with E-state index in [1.54, 1.807) is 12.1 Å². The molecular formula is C11H11IO4S. The van der Waals surface area contributed by atoms with E-state index < -0.39 is 10.1 Å². The van der Waals surface area contributed by atoms with Crippen molar-refractivity contribution in [3.63, 3.8) is 0 Å². The van der Waals surface area contributed by atoms with Crippen molar-refractivity contribution in [1.29, 1.82) is 0 Å². The summed E-state index contributed by atoms with van der Waals surface area (Å²) in [4.78, 5) is 11.4. The normalized spacial score (nSPS) is 15.8. The number of benzene rings is 1. The number of hydrogen-bond acceptors (Lipinski definition) is 4. The highest BCUT2D eigenvalue weighted by Crippen LogP contribution is 2.30. The second kappa shape index (κ2) is 5.03. The van der Waals surface area contributed by atoms with Gasteiger partial charge in [0.25, 0.3) is 10.1 Å². The maximum atomic E-state index is 11.7. The molecule has 0 heterocycles. The zero-order valence-corrected chi connectivity index (χ0v) is 11.9. The van der Waals surface area contributed by atoms with E-state index in [0.717, 1.165) is 16.4 Å². The quantitative estimate of drug-likeness (QED) is 0.591. The first kappa shape index (κ1) is 13.0. The van der Waals surface area contributed by atoms with Crippen molar-refractivity contribution < 1.29 is 17.4 Å². The average molecular weight is 366 g/mol. The standard InChI is InChI=1S/C11H11IO4S/c12-9-3-5-10(6-4-9)17(14,15)16-7-11(13)8-1-2-8/h3-6,8H,1-2,7H2. The summed E-state index contributed by atoms with van der Waals surface area (Å²) in [6.45, 7) is -0.348. The third-order valence-electron chi connectivity index (χ3n) is 2.49. The molecule has 1 saturated carbocycles. The summed E-state index contributed by atoms with van der Waals surface area (Å²) in [5.41, 5.74) is 0. The Kier molecular flexibility index (Phi) is 3.84. The van der Waals surface area contributed by atoms with Gasteiger partial charge >= 0.3 is 0 Å². The van der Waals surface area contributed by atoms with Crippen LogP contribution >= 0.6 is 22.6 Å². The van der Waals surface area contributed by atoms with Crippen molar-refractivity contribution in [3.05, 3.63) is 27.8 Å². The van der Waals surface area contributed by atoms with E-state index >= 15 is 0 Å². The van der Waals surface area contributed by atoms with Gasteiger partial charge in [0.2, 0.25) is 0 Å². The molecule has 0 saturated heterocycles. The fraction of sp³-hybridized carbons (Fsp3) is 0.364. The van der Waals surface area contributed by atoms with Crippen molar-refractivity contribution in [2.45, 2.75) is 17.7 Å². The summed E-state index contributed by atoms with van der Waals surface area (Å²) < 4.78 is 29.1. The molecule has 0 spiro atoms. The Morgan fingerprint density at radius 3 is 2.41 bits per heavy atom. The van der Waals surface area contributed by atoms with Gasteiger partial charge in [0.1, 0.15) is 6.61 Å². The lowest BCUT2D eigenvalue weighted by molar-refractivity contribution is -0.122. The minimum Gasteiger partial charge on any atom is -0.297 e. The SMILES string of the molecule is O=C(COS(=O)(=O)c1ccc(I)cc1)C1CC1. The molecule has 0 bridgehead atoms. The highest BCUT2D eigenvalue weighted by atomic mass is 127. The zero-order chi connectivity index (χ0) is 12.5. The van der Waals surface area contributed by atoms with Crippen molar-refractivity contribution in [3.8, 4) is 0 Å². The van der Waals surface area contributed by atoms with Crippen LogP contribution in [0.5, 0.6) is 0 Å². The van der Waals surface area contributed by atoms with Crippen LogP contribution in [0.2, 0.25) is 0 Å². The number of carbonyl (C=O) groups is 1. The van der Waals surface area contributed by atoms with Gasteiger partial charge < -0.3 is 0 Å². The van der Waals surface area contributed by atoms with Gasteiger partial charge in [0.05, 0.1) is 4.90 Å². The molecule has 1 aliphatic carbocycles. The molecule has 1 aromatic rings. The second-order valence-corrected chi connectivity index (χ2v) is 6.77. The Morgan fingerprint density at radius 1 is 1.29 bits per heavy atom. The Morgan fingerprint density at radius 2 is 1.88 bits per heavy atom. The highest BCUT2D eigenvalue weighted by Gasteiger charge is 2.30. The molecule has 1 fully saturated rings. The van der Waals surface area contributed by atoms with Crippen LogP contribution in [0.15, 0.2) is 29.2 Å². The van der Waals surface area contributed by atoms with Gasteiger partial charge in [-0.25, -0.2) is 0 Å². The van der Waals surface area contributed by atoms with Crippen molar-refractivity contribution in [2.24, 2.45) is 5.92 Å². The number of carbonyl (C=O) groups excluding carboxylic acids is 1. The van der Waals surface area contributed by atoms with Gasteiger partial charge in [-0.15, -0.1) is 0 Å². The van der Waals surface area contributed by atoms with Gasteiger partial charge in [-0.2, -0.15) is 8.42 Å². The number of rotatable bonds is 5. The van der Waals surface area contributed by atoms with Crippen LogP contribution in [-0.4, -0.2) is 20.8 Å². The maximum absolute atomic E-state index is 11.7. The van der Waals surface area contributed by atoms with E-state index in [-0.39, 0.29) is 23.2 Å². The van der Waals surface area contributed by atoms with Crippen LogP contribution in [0.25, 0.3) is 0 Å². The molecule has 2 rings (SSSR count). The molecule has 0 unspecified atom stereocenters. The Bertz CT molecular complexity index is 517. The first-order valence-corrected chi connectivity index (χ1v) is 7.65. The van der Waals surface area contributed by atoms with Gasteiger partial charge in [-0.1, -0.05) is 0 Å². The molecule has 0 aliphatic heterocycles. The van der Waals surface area contributed by atoms with Gasteiger partial charge in [-0.05, 0) is 59.7 Å². The van der Waals surface area contributed by atoms with Crippen LogP contribution in [-0.2, 0) is 19.1 Å². The fourth-order valence-corrected chi connectivity index (χ4v) is 2.56. The van der Waals surface area contributed by atoms with Crippen LogP contribution in [0.1, 0.15) is 12.8 Å². The van der Waals surface area contributed by atoms with Crippen molar-refractivity contribution in [2.75, 3.05) is 6.61 Å². The van der Waals surface area contributed by atoms with E-state index in [1.165, 1.54) is 12.1 Å². The van der Waals surface area contributed by atoms with Gasteiger partial charge in [0, 0.05) is 9.49 Å². The van der Waals surface area contributed by atoms with E-state index in [1.807, 2.05) is 0 Å². The fourth-order valence-electron chi connectivity index (χ4n) is 1.33. The van der Waals surface area contributed by atoms with E-state index in [0.29, 0.717) is 0 Å². The Balaban J connectivity index is 2.02. The molecule has 4 nitrogen and oxygen atoms in total. The molecule has 92 valence electrons. The summed E-state index contributed by atoms with van der Waals surface area (Å²) in [6, 6.07) is 6.30. The number of halogens is 1. The van der Waals surface area contributed by atoms with E-state index in [2.05, 4.69) is 22.6 Å². The molecular weight excluding hydrogens is 355 g/mol. The molecule has 6 heteroatoms. The summed E-state index contributed by atoms with van der Waals surface area (Å²) in [5.74, 6) is -0.110. The first-order valence-electron chi connectivity index (χ1n) is 5.17. The van der Waals surface area contributed by atoms with Crippen LogP contribution in [0.4, 0.5) is 0 Å². The molecule has 0 N–H and O–H groups in total. The van der Waals surface area contributed by atoms with Gasteiger partial charge in [0.15, 0.2) is 5.78 Å². The maximum Gasteiger partial charge on any atom is 0.297 e. The van der Waals surface area contributed by atoms with Crippen molar-refractivity contribution in [1.82, 2.24) is 0 Å². The number of Topliss-reactive ketones (excluding diaryl/α,β-unsaturated/α-hetero) is 1. The largest absolute Gasteiger partial charge is 0.297 e. The lowest BCUT2D eigenvalue weighted by Gasteiger charge is -2.04. The Labute approximate surface area is 114 Å². The average Bonchev–Trinajstić information content (AvgIpc) is 3.10. The number of hydrogen-bond donors (Lipinski definition) is 0. The topological polar surface area (TPSA) is 60.4 Å². The molecule has 0 amide bonds. The van der Waals surface area contributed by atoms with E-state index in [4.69, 9.17) is 4.18 Å². The second-order valence-electron chi connectivity index (χ2n) is 3.91. The lowest BCUT2D eigenvalue weighted by Crippen LogP contribution is -2.15. The molecule has 0 radical (unpaired) electrons. The predicted molar refractivity (Wildman–Crippen MR) is 70.0 cm³/mol. The molecule has 0 atom stereocenters. The molecule has 1 aliphatic rings. The van der Waals surface area contributed by atoms with Crippen LogP contribution in [0, 0.1) is 9.49 Å². The smallest absolute Gasteiger partial charge is 0.297 e. The molecule has 17 heavy (non-hydrogen) atoms. The number of ketones is 1.